The third kappa shape index (κ3) is 4.94. The Kier molecular flexibility index (Phi) is 7.18. The molecule has 2 fully saturated rings. The number of nitrogens with one attached hydrogen (secondary N) is 1. The van der Waals surface area contributed by atoms with Gasteiger partial charge in [0.2, 0.25) is 5.60 Å². The minimum Gasteiger partial charge on any atom is -0.413 e. The molecular weight excluding hydrogens is 499 g/mol. The predicted octanol–water partition coefficient (Wildman–Crippen LogP) is 2.28. The molecule has 12 nitrogen and oxygen atoms in total. The lowest BCUT2D eigenvalue weighted by atomic mass is 9.92. The van der Waals surface area contributed by atoms with E-state index in [2.05, 4.69) is 15.2 Å². The first-order valence-electron chi connectivity index (χ1n) is 12.2. The fourth-order valence-electron chi connectivity index (χ4n) is 4.89. The predicted molar refractivity (Wildman–Crippen MR) is 132 cm³/mol. The quantitative estimate of drug-likeness (QED) is 0.315. The first-order valence-corrected chi connectivity index (χ1v) is 13.7. The summed E-state index contributed by atoms with van der Waals surface area (Å²) in [5.41, 5.74) is 4.49. The average Bonchev–Trinajstić information content (AvgIpc) is 3.45. The van der Waals surface area contributed by atoms with Gasteiger partial charge in [0.1, 0.15) is 42.0 Å². The molecule has 37 heavy (non-hydrogen) atoms. The summed E-state index contributed by atoms with van der Waals surface area (Å²) in [4.78, 5) is 3.92. The molecule has 1 unspecified atom stereocenters. The first-order chi connectivity index (χ1) is 17.8. The van der Waals surface area contributed by atoms with Gasteiger partial charge in [0.15, 0.2) is 5.82 Å². The summed E-state index contributed by atoms with van der Waals surface area (Å²) in [6.45, 7) is -0.411. The number of hydrogen-bond donors (Lipinski definition) is 4. The Hall–Kier alpha value is -3.04. The van der Waals surface area contributed by atoms with Gasteiger partial charge in [-0.05, 0) is 37.1 Å². The number of nitrogens with two attached hydrogens (primary N) is 1. The second-order valence-corrected chi connectivity index (χ2v) is 11.0. The molecule has 1 aromatic carbocycles. The second-order valence-electron chi connectivity index (χ2n) is 9.26. The summed E-state index contributed by atoms with van der Waals surface area (Å²) in [6.07, 6.45) is 1.62. The van der Waals surface area contributed by atoms with Crippen LogP contribution in [-0.4, -0.2) is 55.8 Å². The number of anilines is 1. The zero-order valence-electron chi connectivity index (χ0n) is 20.0. The van der Waals surface area contributed by atoms with Crippen LogP contribution in [0.25, 0.3) is 5.52 Å². The van der Waals surface area contributed by atoms with Crippen molar-refractivity contribution in [1.29, 1.82) is 5.26 Å². The molecule has 3 aromatic rings. The van der Waals surface area contributed by atoms with Crippen LogP contribution in [0.1, 0.15) is 37.8 Å². The van der Waals surface area contributed by atoms with Crippen molar-refractivity contribution < 1.29 is 28.6 Å². The van der Waals surface area contributed by atoms with Crippen molar-refractivity contribution in [2.24, 2.45) is 0 Å². The van der Waals surface area contributed by atoms with Crippen molar-refractivity contribution in [3.63, 3.8) is 0 Å². The van der Waals surface area contributed by atoms with Crippen molar-refractivity contribution in [3.8, 4) is 11.8 Å². The van der Waals surface area contributed by atoms with Crippen molar-refractivity contribution in [2.45, 2.75) is 62.1 Å². The number of aromatic nitrogens is 3. The molecule has 1 aliphatic heterocycles. The SMILES string of the molecule is N#C[C@@]1(c2ccc3c(N)ncnn23)O[C@H](COP(=O)(NC2CCCCC2)Oc2ccccc2)[C@@H](O)[C@H]1O. The van der Waals surface area contributed by atoms with E-state index in [0.717, 1.165) is 32.1 Å². The molecule has 1 aliphatic carbocycles. The fourth-order valence-corrected chi connectivity index (χ4v) is 6.52. The van der Waals surface area contributed by atoms with E-state index in [9.17, 15) is 20.0 Å². The normalized spacial score (nSPS) is 28.1. The number of hydrogen-bond acceptors (Lipinski definition) is 10. The highest BCUT2D eigenvalue weighted by Crippen LogP contribution is 2.48. The van der Waals surface area contributed by atoms with Gasteiger partial charge in [-0.3, -0.25) is 4.52 Å². The van der Waals surface area contributed by atoms with Crippen molar-refractivity contribution in [3.05, 3.63) is 54.5 Å². The Bertz CT molecular complexity index is 1330. The number of para-hydroxylation sites is 1. The van der Waals surface area contributed by atoms with Crippen LogP contribution in [0.2, 0.25) is 0 Å². The van der Waals surface area contributed by atoms with Gasteiger partial charge in [0.05, 0.1) is 12.3 Å². The Morgan fingerprint density at radius 1 is 1.22 bits per heavy atom. The minimum atomic E-state index is -3.91. The molecule has 196 valence electrons. The van der Waals surface area contributed by atoms with E-state index in [1.165, 1.54) is 16.9 Å². The van der Waals surface area contributed by atoms with Gasteiger partial charge in [-0.25, -0.2) is 19.2 Å². The van der Waals surface area contributed by atoms with Crippen LogP contribution < -0.4 is 15.3 Å². The van der Waals surface area contributed by atoms with Crippen molar-refractivity contribution >= 4 is 19.1 Å². The first kappa shape index (κ1) is 25.6. The zero-order valence-corrected chi connectivity index (χ0v) is 20.9. The van der Waals surface area contributed by atoms with Gasteiger partial charge in [-0.15, -0.1) is 0 Å². The summed E-state index contributed by atoms with van der Waals surface area (Å²) in [7, 11) is -3.91. The second kappa shape index (κ2) is 10.4. The van der Waals surface area contributed by atoms with E-state index in [4.69, 9.17) is 19.5 Å². The molecule has 0 amide bonds. The van der Waals surface area contributed by atoms with Gasteiger partial charge >= 0.3 is 7.75 Å². The van der Waals surface area contributed by atoms with Gasteiger partial charge in [0.25, 0.3) is 0 Å². The Morgan fingerprint density at radius 2 is 1.97 bits per heavy atom. The summed E-state index contributed by atoms with van der Waals surface area (Å²) < 4.78 is 32.6. The molecule has 1 saturated heterocycles. The molecule has 3 heterocycles. The molecule has 2 aliphatic rings. The largest absolute Gasteiger partial charge is 0.459 e. The lowest BCUT2D eigenvalue weighted by molar-refractivity contribution is -0.0621. The zero-order chi connectivity index (χ0) is 26.0. The monoisotopic (exact) mass is 528 g/mol. The molecule has 0 bridgehead atoms. The summed E-state index contributed by atoms with van der Waals surface area (Å²) >= 11 is 0. The van der Waals surface area contributed by atoms with Crippen LogP contribution in [0.3, 0.4) is 0 Å². The lowest BCUT2D eigenvalue weighted by Gasteiger charge is -2.28. The van der Waals surface area contributed by atoms with Crippen LogP contribution in [0, 0.1) is 11.3 Å². The fraction of sp³-hybridized carbons (Fsp3) is 0.458. The lowest BCUT2D eigenvalue weighted by Crippen LogP contribution is -2.41. The maximum absolute atomic E-state index is 13.8. The van der Waals surface area contributed by atoms with E-state index < -0.39 is 38.3 Å². The number of nitrogens with zero attached hydrogens (tertiary/aromatic N) is 4. The average molecular weight is 529 g/mol. The number of benzene rings is 1. The molecule has 0 spiro atoms. The topological polar surface area (TPSA) is 177 Å². The molecular formula is C24H29N6O6P. The van der Waals surface area contributed by atoms with Crippen molar-refractivity contribution in [1.82, 2.24) is 19.7 Å². The number of rotatable bonds is 8. The highest BCUT2D eigenvalue weighted by Gasteiger charge is 2.58. The highest BCUT2D eigenvalue weighted by molar-refractivity contribution is 7.52. The Morgan fingerprint density at radius 3 is 2.70 bits per heavy atom. The van der Waals surface area contributed by atoms with Crippen LogP contribution in [0.5, 0.6) is 5.75 Å². The highest BCUT2D eigenvalue weighted by atomic mass is 31.2. The molecule has 2 aromatic heterocycles. The number of nitrogen functional groups attached to an aromatic ring is 1. The summed E-state index contributed by atoms with van der Waals surface area (Å²) in [6, 6.07) is 13.7. The van der Waals surface area contributed by atoms with Crippen LogP contribution >= 0.6 is 7.75 Å². The number of aliphatic hydroxyl groups is 2. The molecule has 5 N–H and O–H groups in total. The van der Waals surface area contributed by atoms with Crippen molar-refractivity contribution in [2.75, 3.05) is 12.3 Å². The number of aliphatic hydroxyl groups excluding tert-OH is 2. The maximum atomic E-state index is 13.8. The standard InChI is InChI=1S/C24H29N6O6P/c25-14-24(20-12-11-18-23(26)27-15-28-30(18)20)22(32)21(31)19(35-24)13-34-37(33,29-16-7-3-1-4-8-16)36-17-9-5-2-6-10-17/h2,5-6,9-12,15-16,19,21-22,31-32H,1,3-4,7-8,13H2,(H,29,33)(H2,26,27,28)/t19-,21-,22-,24+,37?/m1/s1. The number of nitriles is 1. The smallest absolute Gasteiger partial charge is 0.413 e. The number of fused-ring (bicyclic) bond motifs is 1. The van der Waals surface area contributed by atoms with Gasteiger partial charge in [-0.2, -0.15) is 10.4 Å². The van der Waals surface area contributed by atoms with E-state index in [-0.39, 0.29) is 17.6 Å². The van der Waals surface area contributed by atoms with Crippen LogP contribution in [0.15, 0.2) is 48.8 Å². The Balaban J connectivity index is 1.38. The van der Waals surface area contributed by atoms with E-state index >= 15 is 0 Å². The number of ether oxygens (including phenoxy) is 1. The van der Waals surface area contributed by atoms with Gasteiger partial charge in [0, 0.05) is 6.04 Å². The third-order valence-electron chi connectivity index (χ3n) is 6.81. The third-order valence-corrected chi connectivity index (χ3v) is 8.43. The van der Waals surface area contributed by atoms with Gasteiger partial charge in [-0.1, -0.05) is 37.5 Å². The maximum Gasteiger partial charge on any atom is 0.459 e. The summed E-state index contributed by atoms with van der Waals surface area (Å²) in [5, 5.41) is 39.0. The summed E-state index contributed by atoms with van der Waals surface area (Å²) in [5.74, 6) is 0.528. The van der Waals surface area contributed by atoms with Crippen LogP contribution in [-0.2, 0) is 19.4 Å². The molecule has 5 rings (SSSR count). The van der Waals surface area contributed by atoms with E-state index in [1.54, 1.807) is 30.3 Å². The minimum absolute atomic E-state index is 0.0567. The molecule has 1 saturated carbocycles. The Labute approximate surface area is 213 Å². The molecule has 13 heteroatoms. The van der Waals surface area contributed by atoms with E-state index in [0.29, 0.717) is 11.3 Å². The molecule has 0 radical (unpaired) electrons. The van der Waals surface area contributed by atoms with Crippen LogP contribution in [0.4, 0.5) is 5.82 Å². The van der Waals surface area contributed by atoms with Gasteiger partial charge < -0.3 is 25.2 Å². The van der Waals surface area contributed by atoms with E-state index in [1.807, 2.05) is 12.1 Å². The molecule has 5 atom stereocenters.